The number of hydrogen-bond donors (Lipinski definition) is 0. The third-order valence-electron chi connectivity index (χ3n) is 10.2. The van der Waals surface area contributed by atoms with Crippen molar-refractivity contribution in [3.8, 4) is 61.8 Å². The van der Waals surface area contributed by atoms with E-state index in [2.05, 4.69) is 168 Å². The maximum Gasteiger partial charge on any atom is 0.160 e. The van der Waals surface area contributed by atoms with Crippen LogP contribution in [0.3, 0.4) is 0 Å². The Morgan fingerprint density at radius 2 is 0.849 bits per heavy atom. The monoisotopic (exact) mass is 675 g/mol. The average Bonchev–Trinajstić information content (AvgIpc) is 3.58. The van der Waals surface area contributed by atoms with Crippen molar-refractivity contribution in [1.82, 2.24) is 14.5 Å². The topological polar surface area (TPSA) is 30.7 Å². The lowest BCUT2D eigenvalue weighted by atomic mass is 9.94. The molecule has 10 rings (SSSR count). The molecule has 0 fully saturated rings. The molecule has 0 unspecified atom stereocenters. The van der Waals surface area contributed by atoms with E-state index in [1.807, 2.05) is 36.4 Å². The summed E-state index contributed by atoms with van der Waals surface area (Å²) in [7, 11) is 0. The minimum Gasteiger partial charge on any atom is -0.309 e. The van der Waals surface area contributed by atoms with Crippen molar-refractivity contribution in [3.05, 3.63) is 200 Å². The van der Waals surface area contributed by atoms with Gasteiger partial charge in [0.05, 0.1) is 22.4 Å². The molecule has 0 saturated heterocycles. The number of nitrogens with zero attached hydrogens (tertiary/aromatic N) is 3. The number of hydrogen-bond acceptors (Lipinski definition) is 2. The fraction of sp³-hybridized carbons (Fsp3) is 0. The lowest BCUT2D eigenvalue weighted by molar-refractivity contribution is 1.18. The van der Waals surface area contributed by atoms with E-state index in [0.29, 0.717) is 5.82 Å². The molecular formula is C50H33N3. The fourth-order valence-electron chi connectivity index (χ4n) is 7.60. The molecule has 0 aliphatic rings. The molecule has 3 nitrogen and oxygen atoms in total. The molecule has 0 saturated carbocycles. The van der Waals surface area contributed by atoms with Gasteiger partial charge in [0, 0.05) is 33.2 Å². The molecule has 2 aromatic heterocycles. The van der Waals surface area contributed by atoms with Gasteiger partial charge in [-0.3, -0.25) is 0 Å². The number of fused-ring (bicyclic) bond motifs is 4. The van der Waals surface area contributed by atoms with E-state index in [9.17, 15) is 0 Å². The Balaban J connectivity index is 1.00. The van der Waals surface area contributed by atoms with E-state index in [1.165, 1.54) is 49.3 Å². The van der Waals surface area contributed by atoms with Gasteiger partial charge in [-0.05, 0) is 69.4 Å². The van der Waals surface area contributed by atoms with Gasteiger partial charge < -0.3 is 4.57 Å². The van der Waals surface area contributed by atoms with Gasteiger partial charge >= 0.3 is 0 Å². The van der Waals surface area contributed by atoms with Crippen LogP contribution in [0.2, 0.25) is 0 Å². The molecule has 0 spiro atoms. The van der Waals surface area contributed by atoms with E-state index >= 15 is 0 Å². The van der Waals surface area contributed by atoms with E-state index in [0.717, 1.165) is 39.3 Å². The van der Waals surface area contributed by atoms with Crippen molar-refractivity contribution in [1.29, 1.82) is 0 Å². The van der Waals surface area contributed by atoms with E-state index in [-0.39, 0.29) is 0 Å². The molecule has 3 heteroatoms. The van der Waals surface area contributed by atoms with Gasteiger partial charge in [0.15, 0.2) is 5.82 Å². The molecular weight excluding hydrogens is 643 g/mol. The van der Waals surface area contributed by atoms with Crippen molar-refractivity contribution in [2.45, 2.75) is 0 Å². The molecule has 248 valence electrons. The molecule has 53 heavy (non-hydrogen) atoms. The molecule has 0 bridgehead atoms. The van der Waals surface area contributed by atoms with Crippen molar-refractivity contribution in [3.63, 3.8) is 0 Å². The minimum atomic E-state index is 0.710. The zero-order valence-corrected chi connectivity index (χ0v) is 28.9. The SMILES string of the molecule is c1ccc(-c2cc(-c3ccccc3)nc(-c3ccc(-c4cccc5ccc(-c6ccc(-n7c8ccccc8c8ccccc87)cc6)cc45)cc3)n2)cc1. The second-order valence-corrected chi connectivity index (χ2v) is 13.4. The normalized spacial score (nSPS) is 11.4. The lowest BCUT2D eigenvalue weighted by Crippen LogP contribution is -1.96. The summed E-state index contributed by atoms with van der Waals surface area (Å²) in [6.07, 6.45) is 0. The quantitative estimate of drug-likeness (QED) is 0.176. The Bertz CT molecular complexity index is 2800. The van der Waals surface area contributed by atoms with Gasteiger partial charge in [-0.2, -0.15) is 0 Å². The van der Waals surface area contributed by atoms with Gasteiger partial charge in [0.25, 0.3) is 0 Å². The van der Waals surface area contributed by atoms with Crippen LogP contribution in [0.1, 0.15) is 0 Å². The number of benzene rings is 8. The predicted octanol–water partition coefficient (Wildman–Crippen LogP) is 13.1. The first kappa shape index (κ1) is 30.7. The van der Waals surface area contributed by atoms with Crippen LogP contribution >= 0.6 is 0 Å². The largest absolute Gasteiger partial charge is 0.309 e. The first-order chi connectivity index (χ1) is 26.3. The predicted molar refractivity (Wildman–Crippen MR) is 221 cm³/mol. The van der Waals surface area contributed by atoms with Crippen LogP contribution in [-0.2, 0) is 0 Å². The van der Waals surface area contributed by atoms with Crippen LogP contribution in [0.15, 0.2) is 200 Å². The molecule has 0 N–H and O–H groups in total. The lowest BCUT2D eigenvalue weighted by Gasteiger charge is -2.12. The molecule has 10 aromatic rings. The third-order valence-corrected chi connectivity index (χ3v) is 10.2. The highest BCUT2D eigenvalue weighted by atomic mass is 15.0. The molecule has 0 amide bonds. The van der Waals surface area contributed by atoms with Crippen LogP contribution in [-0.4, -0.2) is 14.5 Å². The summed E-state index contributed by atoms with van der Waals surface area (Å²) in [4.78, 5) is 10.1. The molecule has 0 atom stereocenters. The highest BCUT2D eigenvalue weighted by molar-refractivity contribution is 6.09. The van der Waals surface area contributed by atoms with E-state index in [1.54, 1.807) is 0 Å². The Labute approximate surface area is 308 Å². The van der Waals surface area contributed by atoms with Crippen LogP contribution in [0.5, 0.6) is 0 Å². The number of para-hydroxylation sites is 2. The zero-order valence-electron chi connectivity index (χ0n) is 28.9. The van der Waals surface area contributed by atoms with Gasteiger partial charge in [-0.1, -0.05) is 164 Å². The second-order valence-electron chi connectivity index (χ2n) is 13.4. The smallest absolute Gasteiger partial charge is 0.160 e. The van der Waals surface area contributed by atoms with Gasteiger partial charge in [-0.25, -0.2) is 9.97 Å². The van der Waals surface area contributed by atoms with E-state index in [4.69, 9.17) is 9.97 Å². The van der Waals surface area contributed by atoms with Crippen molar-refractivity contribution in [2.75, 3.05) is 0 Å². The third kappa shape index (κ3) is 5.56. The molecule has 0 aliphatic carbocycles. The highest BCUT2D eigenvalue weighted by Crippen LogP contribution is 2.36. The maximum absolute atomic E-state index is 5.04. The van der Waals surface area contributed by atoms with Crippen molar-refractivity contribution < 1.29 is 0 Å². The van der Waals surface area contributed by atoms with Crippen LogP contribution in [0.25, 0.3) is 94.4 Å². The Kier molecular flexibility index (Phi) is 7.47. The zero-order chi connectivity index (χ0) is 35.1. The van der Waals surface area contributed by atoms with E-state index < -0.39 is 0 Å². The van der Waals surface area contributed by atoms with Crippen molar-refractivity contribution >= 4 is 32.6 Å². The summed E-state index contributed by atoms with van der Waals surface area (Å²) in [5.74, 6) is 0.710. The van der Waals surface area contributed by atoms with Crippen LogP contribution in [0.4, 0.5) is 0 Å². The summed E-state index contributed by atoms with van der Waals surface area (Å²) < 4.78 is 2.36. The summed E-state index contributed by atoms with van der Waals surface area (Å²) in [5.41, 5.74) is 13.2. The van der Waals surface area contributed by atoms with Crippen LogP contribution < -0.4 is 0 Å². The first-order valence-corrected chi connectivity index (χ1v) is 18.0. The Hall–Kier alpha value is -7.10. The maximum atomic E-state index is 5.04. The van der Waals surface area contributed by atoms with Gasteiger partial charge in [-0.15, -0.1) is 0 Å². The van der Waals surface area contributed by atoms with Crippen LogP contribution in [0, 0.1) is 0 Å². The minimum absolute atomic E-state index is 0.710. The molecule has 2 heterocycles. The van der Waals surface area contributed by atoms with Crippen molar-refractivity contribution in [2.24, 2.45) is 0 Å². The second kappa shape index (κ2) is 12.9. The summed E-state index contributed by atoms with van der Waals surface area (Å²) in [5, 5.41) is 4.97. The Morgan fingerprint density at radius 1 is 0.321 bits per heavy atom. The van der Waals surface area contributed by atoms with Gasteiger partial charge in [0.2, 0.25) is 0 Å². The first-order valence-electron chi connectivity index (χ1n) is 18.0. The van der Waals surface area contributed by atoms with Gasteiger partial charge in [0.1, 0.15) is 0 Å². The summed E-state index contributed by atoms with van der Waals surface area (Å²) >= 11 is 0. The Morgan fingerprint density at radius 3 is 1.47 bits per heavy atom. The average molecular weight is 676 g/mol. The highest BCUT2D eigenvalue weighted by Gasteiger charge is 2.14. The summed E-state index contributed by atoms with van der Waals surface area (Å²) in [6.45, 7) is 0. The number of rotatable bonds is 6. The fourth-order valence-corrected chi connectivity index (χ4v) is 7.60. The number of aromatic nitrogens is 3. The molecule has 8 aromatic carbocycles. The summed E-state index contributed by atoms with van der Waals surface area (Å²) in [6, 6.07) is 71.0. The molecule has 0 radical (unpaired) electrons. The molecule has 0 aliphatic heterocycles. The standard InChI is InChI=1S/C50H33N3/c1-3-12-37(13-4-1)46-33-47(38-14-5-2-6-15-38)52-50(51-46)39-25-22-36(23-26-39)42-19-11-16-35-24-27-40(32-45(35)42)34-28-30-41(31-29-34)53-48-20-9-7-17-43(48)44-18-8-10-21-49(44)53/h1-33H.